The summed E-state index contributed by atoms with van der Waals surface area (Å²) in [5.41, 5.74) is 2.02. The molecule has 156 valence electrons. The summed E-state index contributed by atoms with van der Waals surface area (Å²) in [5.74, 6) is -0.429. The Morgan fingerprint density at radius 2 is 1.57 bits per heavy atom. The number of nitrogens with one attached hydrogen (secondary N) is 1. The van der Waals surface area contributed by atoms with Gasteiger partial charge >= 0.3 is 0 Å². The van der Waals surface area contributed by atoms with Crippen LogP contribution in [0.15, 0.2) is 87.1 Å². The lowest BCUT2D eigenvalue weighted by molar-refractivity contribution is -0.114. The minimum absolute atomic E-state index is 0.136. The third-order valence-electron chi connectivity index (χ3n) is 4.38. The van der Waals surface area contributed by atoms with E-state index in [9.17, 15) is 13.2 Å². The van der Waals surface area contributed by atoms with Crippen LogP contribution < -0.4 is 9.62 Å². The highest BCUT2D eigenvalue weighted by Gasteiger charge is 2.27. The molecule has 0 unspecified atom stereocenters. The number of aryl methyl sites for hydroxylation is 1. The van der Waals surface area contributed by atoms with Crippen molar-refractivity contribution in [2.45, 2.75) is 16.7 Å². The third kappa shape index (κ3) is 5.44. The van der Waals surface area contributed by atoms with Crippen molar-refractivity contribution >= 4 is 55.0 Å². The zero-order chi connectivity index (χ0) is 21.7. The Kier molecular flexibility index (Phi) is 7.23. The van der Waals surface area contributed by atoms with Crippen molar-refractivity contribution in [3.8, 4) is 0 Å². The molecule has 3 aromatic carbocycles. The molecule has 0 heterocycles. The van der Waals surface area contributed by atoms with E-state index in [1.54, 1.807) is 60.7 Å². The van der Waals surface area contributed by atoms with Gasteiger partial charge in [0, 0.05) is 15.1 Å². The van der Waals surface area contributed by atoms with Gasteiger partial charge in [-0.3, -0.25) is 9.10 Å². The molecule has 3 aromatic rings. The molecule has 0 spiro atoms. The zero-order valence-electron chi connectivity index (χ0n) is 16.5. The largest absolute Gasteiger partial charge is 0.325 e. The normalized spacial score (nSPS) is 11.2. The maximum atomic E-state index is 13.4. The summed E-state index contributed by atoms with van der Waals surface area (Å²) in [7, 11) is -3.93. The zero-order valence-corrected chi connectivity index (χ0v) is 19.7. The first kappa shape index (κ1) is 22.4. The molecule has 0 radical (unpaired) electrons. The first-order chi connectivity index (χ1) is 14.3. The predicted octanol–water partition coefficient (Wildman–Crippen LogP) is 5.31. The summed E-state index contributed by atoms with van der Waals surface area (Å²) in [6.45, 7) is 1.58. The Morgan fingerprint density at radius 1 is 0.967 bits per heavy atom. The number of carbonyl (C=O) groups excluding carboxylic acids is 1. The number of hydrogen-bond acceptors (Lipinski definition) is 4. The van der Waals surface area contributed by atoms with Gasteiger partial charge in [0.25, 0.3) is 10.0 Å². The average Bonchev–Trinajstić information content (AvgIpc) is 2.74. The fraction of sp³-hybridized carbons (Fsp3) is 0.136. The van der Waals surface area contributed by atoms with Gasteiger partial charge in [0.2, 0.25) is 5.91 Å². The Hall–Kier alpha value is -2.29. The molecule has 0 aliphatic heterocycles. The van der Waals surface area contributed by atoms with Gasteiger partial charge in [0.05, 0.1) is 10.6 Å². The Bertz CT molecular complexity index is 1110. The number of nitrogens with zero attached hydrogens (tertiary/aromatic N) is 1. The second kappa shape index (κ2) is 9.68. The molecule has 1 amide bonds. The van der Waals surface area contributed by atoms with E-state index in [1.807, 2.05) is 25.3 Å². The molecule has 5 nitrogen and oxygen atoms in total. The number of amides is 1. The second-order valence-corrected chi connectivity index (χ2v) is 10.2. The Morgan fingerprint density at radius 3 is 2.13 bits per heavy atom. The predicted molar refractivity (Wildman–Crippen MR) is 127 cm³/mol. The number of hydrogen-bond donors (Lipinski definition) is 1. The number of carbonyl (C=O) groups is 1. The second-order valence-electron chi connectivity index (χ2n) is 6.58. The van der Waals surface area contributed by atoms with Crippen LogP contribution in [-0.4, -0.2) is 27.1 Å². The molecule has 0 bridgehead atoms. The van der Waals surface area contributed by atoms with E-state index < -0.39 is 15.9 Å². The maximum absolute atomic E-state index is 13.4. The van der Waals surface area contributed by atoms with Crippen molar-refractivity contribution in [3.05, 3.63) is 82.8 Å². The number of rotatable bonds is 7. The van der Waals surface area contributed by atoms with Crippen LogP contribution >= 0.6 is 27.7 Å². The lowest BCUT2D eigenvalue weighted by atomic mass is 10.2. The van der Waals surface area contributed by atoms with Gasteiger partial charge in [0.1, 0.15) is 6.54 Å². The molecule has 0 aromatic heterocycles. The SMILES string of the molecule is CSc1ccc(S(=O)(=O)N(CC(=O)Nc2ccc(Br)cc2)c2ccc(C)cc2)cc1. The van der Waals surface area contributed by atoms with Crippen molar-refractivity contribution in [2.24, 2.45) is 0 Å². The summed E-state index contributed by atoms with van der Waals surface area (Å²) in [6.07, 6.45) is 1.93. The molecular weight excluding hydrogens is 484 g/mol. The topological polar surface area (TPSA) is 66.5 Å². The number of thioether (sulfide) groups is 1. The lowest BCUT2D eigenvalue weighted by Crippen LogP contribution is -2.38. The summed E-state index contributed by atoms with van der Waals surface area (Å²) in [4.78, 5) is 13.8. The van der Waals surface area contributed by atoms with Gasteiger partial charge in [-0.1, -0.05) is 33.6 Å². The van der Waals surface area contributed by atoms with E-state index >= 15 is 0 Å². The first-order valence-corrected chi connectivity index (χ1v) is 12.5. The van der Waals surface area contributed by atoms with Crippen LogP contribution in [0.1, 0.15) is 5.56 Å². The van der Waals surface area contributed by atoms with Crippen LogP contribution in [0.3, 0.4) is 0 Å². The van der Waals surface area contributed by atoms with E-state index in [2.05, 4.69) is 21.2 Å². The highest BCUT2D eigenvalue weighted by Crippen LogP contribution is 2.26. The quantitative estimate of drug-likeness (QED) is 0.442. The molecule has 1 N–H and O–H groups in total. The van der Waals surface area contributed by atoms with Gasteiger partial charge in [-0.15, -0.1) is 11.8 Å². The molecule has 0 aliphatic carbocycles. The molecular formula is C22H21BrN2O3S2. The van der Waals surface area contributed by atoms with Crippen LogP contribution in [-0.2, 0) is 14.8 Å². The van der Waals surface area contributed by atoms with E-state index in [0.717, 1.165) is 19.2 Å². The van der Waals surface area contributed by atoms with Crippen molar-refractivity contribution in [2.75, 3.05) is 22.4 Å². The van der Waals surface area contributed by atoms with Gasteiger partial charge in [-0.05, 0) is 73.8 Å². The molecule has 0 saturated heterocycles. The van der Waals surface area contributed by atoms with Crippen molar-refractivity contribution in [3.63, 3.8) is 0 Å². The lowest BCUT2D eigenvalue weighted by Gasteiger charge is -2.24. The average molecular weight is 505 g/mol. The molecule has 30 heavy (non-hydrogen) atoms. The fourth-order valence-electron chi connectivity index (χ4n) is 2.77. The number of sulfonamides is 1. The van der Waals surface area contributed by atoms with Crippen molar-refractivity contribution in [1.29, 1.82) is 0 Å². The summed E-state index contributed by atoms with van der Waals surface area (Å²) >= 11 is 4.88. The van der Waals surface area contributed by atoms with Crippen LogP contribution in [0.5, 0.6) is 0 Å². The fourth-order valence-corrected chi connectivity index (χ4v) is 4.86. The number of halogens is 1. The Labute approximate surface area is 189 Å². The Balaban J connectivity index is 1.92. The number of benzene rings is 3. The highest BCUT2D eigenvalue weighted by atomic mass is 79.9. The van der Waals surface area contributed by atoms with Gasteiger partial charge in [0.15, 0.2) is 0 Å². The minimum atomic E-state index is -3.93. The maximum Gasteiger partial charge on any atom is 0.264 e. The van der Waals surface area contributed by atoms with Crippen LogP contribution in [0.2, 0.25) is 0 Å². The van der Waals surface area contributed by atoms with Crippen molar-refractivity contribution in [1.82, 2.24) is 0 Å². The highest BCUT2D eigenvalue weighted by molar-refractivity contribution is 9.10. The molecule has 0 saturated carbocycles. The monoisotopic (exact) mass is 504 g/mol. The van der Waals surface area contributed by atoms with Crippen LogP contribution in [0, 0.1) is 6.92 Å². The van der Waals surface area contributed by atoms with E-state index in [-0.39, 0.29) is 11.4 Å². The van der Waals surface area contributed by atoms with Crippen LogP contribution in [0.25, 0.3) is 0 Å². The summed E-state index contributed by atoms with van der Waals surface area (Å²) in [5, 5.41) is 2.75. The van der Waals surface area contributed by atoms with Gasteiger partial charge in [-0.25, -0.2) is 8.42 Å². The van der Waals surface area contributed by atoms with Crippen LogP contribution in [0.4, 0.5) is 11.4 Å². The smallest absolute Gasteiger partial charge is 0.264 e. The first-order valence-electron chi connectivity index (χ1n) is 9.08. The van der Waals surface area contributed by atoms with E-state index in [0.29, 0.717) is 11.4 Å². The van der Waals surface area contributed by atoms with Crippen molar-refractivity contribution < 1.29 is 13.2 Å². The molecule has 8 heteroatoms. The molecule has 0 atom stereocenters. The van der Waals surface area contributed by atoms with E-state index in [1.165, 1.54) is 11.8 Å². The molecule has 0 aliphatic rings. The summed E-state index contributed by atoms with van der Waals surface area (Å²) < 4.78 is 28.8. The van der Waals surface area contributed by atoms with Gasteiger partial charge in [-0.2, -0.15) is 0 Å². The minimum Gasteiger partial charge on any atom is -0.325 e. The number of anilines is 2. The van der Waals surface area contributed by atoms with Gasteiger partial charge < -0.3 is 5.32 Å². The standard InChI is InChI=1S/C22H21BrN2O3S2/c1-16-3-9-19(10-4-16)25(15-22(26)24-18-7-5-17(23)6-8-18)30(27,28)21-13-11-20(29-2)12-14-21/h3-14H,15H2,1-2H3,(H,24,26). The third-order valence-corrected chi connectivity index (χ3v) is 7.44. The summed E-state index contributed by atoms with van der Waals surface area (Å²) in [6, 6.07) is 20.8. The molecule has 0 fully saturated rings. The van der Waals surface area contributed by atoms with E-state index in [4.69, 9.17) is 0 Å². The molecule has 3 rings (SSSR count).